The monoisotopic (exact) mass is 1620 g/mol. The molecule has 16 nitrogen and oxygen atoms in total. The second-order valence-corrected chi connectivity index (χ2v) is 34.8. The molecule has 4 aliphatic carbocycles. The lowest BCUT2D eigenvalue weighted by Crippen LogP contribution is -2.22. The van der Waals surface area contributed by atoms with Crippen LogP contribution in [0, 0.1) is 0 Å². The zero-order chi connectivity index (χ0) is 80.1. The van der Waals surface area contributed by atoms with Crippen LogP contribution in [0.1, 0.15) is 329 Å². The van der Waals surface area contributed by atoms with Gasteiger partial charge in [-0.25, -0.2) is 0 Å². The molecule has 0 saturated heterocycles. The van der Waals surface area contributed by atoms with E-state index in [-0.39, 0.29) is 84.4 Å². The SMILES string of the molecule is CCC(=O)OC1CCC(OC(=O)CC)c2cc(-c3sc4ccc5c(-c6ccc7c(c6)C(OC(=O)CC)CCC7OC(=O)CC)sc6ccc3c4c65)ccc21.CCCCCC(=O)OC1CCC(OC(=O)CCCCC)c2cc(-c3cc4sc(-c5ccc6c(c5)C(OC(=O)CCCCC)CCC6OC(=O)CCCCC)cc4s3)ccc21. The summed E-state index contributed by atoms with van der Waals surface area (Å²) in [5.74, 6) is -1.70. The van der Waals surface area contributed by atoms with E-state index in [1.807, 2.05) is 12.1 Å². The van der Waals surface area contributed by atoms with Crippen LogP contribution in [-0.2, 0) is 76.3 Å². The summed E-state index contributed by atoms with van der Waals surface area (Å²) in [6, 6.07) is 38.3. The van der Waals surface area contributed by atoms with Crippen LogP contribution in [0.15, 0.2) is 109 Å². The van der Waals surface area contributed by atoms with E-state index >= 15 is 0 Å². The van der Waals surface area contributed by atoms with Crippen molar-refractivity contribution in [2.24, 2.45) is 0 Å². The van der Waals surface area contributed by atoms with Gasteiger partial charge in [0, 0.05) is 111 Å². The lowest BCUT2D eigenvalue weighted by Gasteiger charge is -2.31. The molecule has 0 spiro atoms. The molecule has 0 amide bonds. The average molecular weight is 1620 g/mol. The van der Waals surface area contributed by atoms with E-state index in [2.05, 4.69) is 125 Å². The molecule has 14 rings (SSSR count). The van der Waals surface area contributed by atoms with Gasteiger partial charge in [0.25, 0.3) is 0 Å². The second-order valence-electron chi connectivity index (χ2n) is 30.5. The maximum Gasteiger partial charge on any atom is 0.306 e. The molecule has 4 heterocycles. The summed E-state index contributed by atoms with van der Waals surface area (Å²) in [7, 11) is 0. The molecular formula is C94H106O16S4. The largest absolute Gasteiger partial charge is 0.457 e. The molecule has 4 aromatic heterocycles. The van der Waals surface area contributed by atoms with Gasteiger partial charge in [0.2, 0.25) is 0 Å². The summed E-state index contributed by atoms with van der Waals surface area (Å²) in [5, 5.41) is 4.74. The van der Waals surface area contributed by atoms with Crippen LogP contribution in [0.3, 0.4) is 0 Å². The lowest BCUT2D eigenvalue weighted by molar-refractivity contribution is -0.156. The van der Waals surface area contributed by atoms with Gasteiger partial charge in [0.15, 0.2) is 0 Å². The zero-order valence-corrected chi connectivity index (χ0v) is 70.2. The van der Waals surface area contributed by atoms with Crippen molar-refractivity contribution in [2.75, 3.05) is 0 Å². The number of rotatable bonds is 32. The molecule has 0 N–H and O–H groups in total. The number of hydrogen-bond donors (Lipinski definition) is 0. The fourth-order valence-electron chi connectivity index (χ4n) is 16.4. The number of hydrogen-bond acceptors (Lipinski definition) is 20. The van der Waals surface area contributed by atoms with E-state index in [0.29, 0.717) is 103 Å². The van der Waals surface area contributed by atoms with Gasteiger partial charge in [-0.05, 0) is 192 Å². The summed E-state index contributed by atoms with van der Waals surface area (Å²) < 4.78 is 52.5. The van der Waals surface area contributed by atoms with Gasteiger partial charge >= 0.3 is 47.8 Å². The van der Waals surface area contributed by atoms with Gasteiger partial charge < -0.3 is 37.9 Å². The summed E-state index contributed by atoms with van der Waals surface area (Å²) >= 11 is 6.93. The van der Waals surface area contributed by atoms with E-state index in [1.165, 1.54) is 20.2 Å². The van der Waals surface area contributed by atoms with Gasteiger partial charge in [-0.15, -0.1) is 45.3 Å². The first-order chi connectivity index (χ1) is 55.4. The fraction of sp³-hybridized carbons (Fsp3) is 0.468. The Balaban J connectivity index is 0.000000200. The number of carbonyl (C=O) groups excluding carboxylic acids is 8. The highest BCUT2D eigenvalue weighted by atomic mass is 32.1. The number of unbranched alkanes of at least 4 members (excludes halogenated alkanes) is 8. The summed E-state index contributed by atoms with van der Waals surface area (Å²) in [6.45, 7) is 15.6. The van der Waals surface area contributed by atoms with Crippen LogP contribution in [-0.4, -0.2) is 47.8 Å². The van der Waals surface area contributed by atoms with Crippen molar-refractivity contribution in [1.82, 2.24) is 0 Å². The van der Waals surface area contributed by atoms with Gasteiger partial charge in [-0.1, -0.05) is 167 Å². The molecule has 8 unspecified atom stereocenters. The molecule has 0 saturated carbocycles. The summed E-state index contributed by atoms with van der Waals surface area (Å²) in [6.07, 6.45) is 16.0. The Morgan fingerprint density at radius 3 is 0.772 bits per heavy atom. The molecule has 0 aliphatic heterocycles. The Morgan fingerprint density at radius 2 is 0.509 bits per heavy atom. The van der Waals surface area contributed by atoms with E-state index in [9.17, 15) is 38.4 Å². The Labute approximate surface area is 684 Å². The molecule has 602 valence electrons. The standard InChI is InChI=1S/C50H64O8S2.C44H42O8S2/c1-5-9-13-17-47(51)55-39-25-27-41(57-49(53)19-15-11-7-3)37-29-33(21-23-35(37)39)43-31-45-46(59-43)32-44(60-45)34-22-24-36-38(30-34)42(58-50(54)20-16-12-8-4)28-26-40(36)56-48(52)18-14-10-6-2;1-5-37(45)49-31-15-17-33(51-39(47)7-3)29-21-23(9-11-25(29)31)43-27-13-19-36-42-28(14-20-35(53-43)41(27)42)44(54-36)24-10-12-26-30(22-24)34(52-40(48)8-4)18-16-32(26)50-38(46)6-2/h21-24,29-32,39-42H,5-20,25-28H2,1-4H3;9-14,19-22,31-34H,5-8,15-18H2,1-4H3. The number of fused-ring (bicyclic) bond motifs is 5. The van der Waals surface area contributed by atoms with Crippen molar-refractivity contribution in [3.63, 3.8) is 0 Å². The van der Waals surface area contributed by atoms with Crippen molar-refractivity contribution in [1.29, 1.82) is 0 Å². The normalized spacial score (nSPS) is 18.9. The van der Waals surface area contributed by atoms with E-state index in [4.69, 9.17) is 37.9 Å². The minimum absolute atomic E-state index is 0.174. The average Bonchev–Trinajstić information content (AvgIpc) is 1.56. The van der Waals surface area contributed by atoms with E-state index in [0.717, 1.165) is 183 Å². The predicted octanol–water partition coefficient (Wildman–Crippen LogP) is 26.1. The Bertz CT molecular complexity index is 4770. The number of ether oxygens (including phenoxy) is 8. The van der Waals surface area contributed by atoms with Crippen LogP contribution in [0.5, 0.6) is 0 Å². The van der Waals surface area contributed by atoms with Crippen LogP contribution in [0.25, 0.3) is 82.1 Å². The Kier molecular flexibility index (Phi) is 28.3. The molecule has 0 bridgehead atoms. The first-order valence-electron chi connectivity index (χ1n) is 41.8. The molecule has 20 heteroatoms. The Morgan fingerprint density at radius 1 is 0.263 bits per heavy atom. The second kappa shape index (κ2) is 38.8. The smallest absolute Gasteiger partial charge is 0.306 e. The van der Waals surface area contributed by atoms with Crippen molar-refractivity contribution < 1.29 is 76.3 Å². The molecule has 6 aromatic carbocycles. The van der Waals surface area contributed by atoms with Crippen molar-refractivity contribution >= 4 is 133 Å². The van der Waals surface area contributed by atoms with Crippen LogP contribution in [0.2, 0.25) is 0 Å². The molecule has 114 heavy (non-hydrogen) atoms. The number of carbonyl (C=O) groups is 8. The quantitative estimate of drug-likeness (QED) is 0.0218. The van der Waals surface area contributed by atoms with Crippen molar-refractivity contribution in [2.45, 2.75) is 284 Å². The first kappa shape index (κ1) is 83.1. The minimum Gasteiger partial charge on any atom is -0.457 e. The third kappa shape index (κ3) is 19.2. The highest BCUT2D eigenvalue weighted by molar-refractivity contribution is 7.31. The van der Waals surface area contributed by atoms with Crippen molar-refractivity contribution in [3.8, 4) is 41.8 Å². The van der Waals surface area contributed by atoms with Gasteiger partial charge in [-0.3, -0.25) is 38.4 Å². The molecule has 10 aromatic rings. The van der Waals surface area contributed by atoms with Gasteiger partial charge in [-0.2, -0.15) is 0 Å². The van der Waals surface area contributed by atoms with E-state index < -0.39 is 12.2 Å². The third-order valence-corrected chi connectivity index (χ3v) is 27.3. The molecular weight excluding hydrogens is 1510 g/mol. The minimum atomic E-state index is -0.404. The third-order valence-electron chi connectivity index (χ3n) is 22.5. The predicted molar refractivity (Wildman–Crippen MR) is 453 cm³/mol. The Hall–Kier alpha value is -8.82. The number of esters is 8. The summed E-state index contributed by atoms with van der Waals surface area (Å²) in [5.41, 5.74) is 11.4. The molecule has 4 aliphatic rings. The van der Waals surface area contributed by atoms with Gasteiger partial charge in [0.05, 0.1) is 0 Å². The maximum atomic E-state index is 12.9. The first-order valence-corrected chi connectivity index (χ1v) is 45.0. The zero-order valence-electron chi connectivity index (χ0n) is 67.0. The molecule has 0 radical (unpaired) electrons. The topological polar surface area (TPSA) is 210 Å². The molecule has 8 atom stereocenters. The van der Waals surface area contributed by atoms with Crippen LogP contribution < -0.4 is 0 Å². The van der Waals surface area contributed by atoms with Gasteiger partial charge in [0.1, 0.15) is 48.8 Å². The van der Waals surface area contributed by atoms with Crippen LogP contribution >= 0.6 is 45.3 Å². The highest BCUT2D eigenvalue weighted by Gasteiger charge is 2.38. The summed E-state index contributed by atoms with van der Waals surface area (Å²) in [4.78, 5) is 106. The highest BCUT2D eigenvalue weighted by Crippen LogP contribution is 2.54. The van der Waals surface area contributed by atoms with E-state index in [1.54, 1.807) is 73.0 Å². The van der Waals surface area contributed by atoms with Crippen molar-refractivity contribution in [3.05, 3.63) is 154 Å². The fourth-order valence-corrected chi connectivity index (χ4v) is 21.2. The molecule has 0 fully saturated rings. The maximum absolute atomic E-state index is 12.9. The number of benzene rings is 6. The number of thiophene rings is 4. The van der Waals surface area contributed by atoms with Crippen LogP contribution in [0.4, 0.5) is 0 Å². The lowest BCUT2D eigenvalue weighted by atomic mass is 9.85.